The maximum absolute atomic E-state index is 6.70. The van der Waals surface area contributed by atoms with Crippen LogP contribution in [0.25, 0.3) is 131 Å². The molecule has 0 amide bonds. The van der Waals surface area contributed by atoms with Crippen LogP contribution in [0.5, 0.6) is 0 Å². The Kier molecular flexibility index (Phi) is 6.93. The minimum atomic E-state index is -0.221. The van der Waals surface area contributed by atoms with Crippen LogP contribution in [0.4, 0.5) is 0 Å². The van der Waals surface area contributed by atoms with Crippen molar-refractivity contribution in [2.75, 3.05) is 0 Å². The molecule has 0 unspecified atom stereocenters. The number of benzene rings is 11. The van der Waals surface area contributed by atoms with Crippen molar-refractivity contribution < 1.29 is 8.83 Å². The molecule has 2 aromatic heterocycles. The molecule has 2 nitrogen and oxygen atoms in total. The fraction of sp³-hybridized carbons (Fsp3) is 0.0492. The maximum Gasteiger partial charge on any atom is 0.179 e. The van der Waals surface area contributed by atoms with Crippen molar-refractivity contribution in [3.05, 3.63) is 205 Å². The third-order valence-electron chi connectivity index (χ3n) is 14.2. The third-order valence-corrected chi connectivity index (χ3v) is 14.2. The molecule has 63 heavy (non-hydrogen) atoms. The molecule has 1 aliphatic rings. The van der Waals surface area contributed by atoms with Gasteiger partial charge in [0.1, 0.15) is 11.2 Å². The molecular formula is C61H38O2. The minimum Gasteiger partial charge on any atom is -0.452 e. The van der Waals surface area contributed by atoms with E-state index in [1.54, 1.807) is 0 Å². The van der Waals surface area contributed by atoms with Gasteiger partial charge in [-0.3, -0.25) is 0 Å². The monoisotopic (exact) mass is 802 g/mol. The molecule has 0 spiro atoms. The van der Waals surface area contributed by atoms with E-state index in [1.165, 1.54) is 98.7 Å². The summed E-state index contributed by atoms with van der Waals surface area (Å²) in [6.07, 6.45) is 0. The average molecular weight is 803 g/mol. The Morgan fingerprint density at radius 2 is 0.778 bits per heavy atom. The molecule has 0 radical (unpaired) electrons. The number of furan rings is 2. The summed E-state index contributed by atoms with van der Waals surface area (Å²) in [6, 6.07) is 71.3. The molecule has 0 saturated heterocycles. The Morgan fingerprint density at radius 3 is 1.44 bits per heavy atom. The van der Waals surface area contributed by atoms with Gasteiger partial charge in [-0.2, -0.15) is 0 Å². The molecule has 11 aromatic carbocycles. The summed E-state index contributed by atoms with van der Waals surface area (Å²) in [5.74, 6) is 0. The molecule has 13 aromatic rings. The van der Waals surface area contributed by atoms with Crippen LogP contribution in [0.2, 0.25) is 0 Å². The van der Waals surface area contributed by atoms with Gasteiger partial charge < -0.3 is 8.83 Å². The van der Waals surface area contributed by atoms with Gasteiger partial charge in [0.25, 0.3) is 0 Å². The summed E-state index contributed by atoms with van der Waals surface area (Å²) in [5, 5.41) is 14.4. The lowest BCUT2D eigenvalue weighted by atomic mass is 9.80. The van der Waals surface area contributed by atoms with Crippen LogP contribution in [0.15, 0.2) is 203 Å². The van der Waals surface area contributed by atoms with E-state index >= 15 is 0 Å². The average Bonchev–Trinajstić information content (AvgIpc) is 3.98. The normalized spacial score (nSPS) is 13.4. The van der Waals surface area contributed by atoms with Crippen LogP contribution < -0.4 is 0 Å². The molecule has 0 aliphatic heterocycles. The largest absolute Gasteiger partial charge is 0.452 e. The molecule has 0 N–H and O–H groups in total. The summed E-state index contributed by atoms with van der Waals surface area (Å²) in [6.45, 7) is 4.78. The third kappa shape index (κ3) is 4.73. The highest BCUT2D eigenvalue weighted by molar-refractivity contribution is 6.33. The predicted octanol–water partition coefficient (Wildman–Crippen LogP) is 17.4. The highest BCUT2D eigenvalue weighted by Gasteiger charge is 2.36. The fourth-order valence-electron chi connectivity index (χ4n) is 11.3. The van der Waals surface area contributed by atoms with Gasteiger partial charge in [0, 0.05) is 27.0 Å². The van der Waals surface area contributed by atoms with E-state index in [1.807, 2.05) is 12.1 Å². The van der Waals surface area contributed by atoms with Gasteiger partial charge in [-0.15, -0.1) is 0 Å². The van der Waals surface area contributed by atoms with Gasteiger partial charge in [0.05, 0.1) is 0 Å². The fourth-order valence-corrected chi connectivity index (χ4v) is 11.3. The molecule has 2 heteroatoms. The van der Waals surface area contributed by atoms with Crippen molar-refractivity contribution in [1.82, 2.24) is 0 Å². The van der Waals surface area contributed by atoms with Gasteiger partial charge in [0.15, 0.2) is 11.2 Å². The van der Waals surface area contributed by atoms with E-state index in [2.05, 4.69) is 196 Å². The van der Waals surface area contributed by atoms with Gasteiger partial charge in [-0.25, -0.2) is 0 Å². The molecule has 0 saturated carbocycles. The Balaban J connectivity index is 0.917. The van der Waals surface area contributed by atoms with Crippen molar-refractivity contribution in [1.29, 1.82) is 0 Å². The number of hydrogen-bond donors (Lipinski definition) is 0. The summed E-state index contributed by atoms with van der Waals surface area (Å²) in [5.41, 5.74) is 15.9. The van der Waals surface area contributed by atoms with Crippen molar-refractivity contribution in [3.63, 3.8) is 0 Å². The van der Waals surface area contributed by atoms with Crippen LogP contribution in [-0.4, -0.2) is 0 Å². The summed E-state index contributed by atoms with van der Waals surface area (Å²) < 4.78 is 13.2. The SMILES string of the molecule is CC1(C)c2cc(-c3ccc4oc5c6oc7ccccc7c6c6ccccc6c5c4c3)ccc2-c2ccc(-c3c4ccccc4c(-c4cccc5ccccc45)c4ccccc34)cc21. The summed E-state index contributed by atoms with van der Waals surface area (Å²) in [4.78, 5) is 0. The lowest BCUT2D eigenvalue weighted by molar-refractivity contribution is 0.633. The van der Waals surface area contributed by atoms with E-state index < -0.39 is 0 Å². The zero-order valence-corrected chi connectivity index (χ0v) is 34.8. The van der Waals surface area contributed by atoms with Crippen LogP contribution in [-0.2, 0) is 5.41 Å². The second-order valence-corrected chi connectivity index (χ2v) is 17.9. The van der Waals surface area contributed by atoms with Crippen molar-refractivity contribution in [2.24, 2.45) is 0 Å². The van der Waals surface area contributed by atoms with Gasteiger partial charge in [-0.05, 0) is 129 Å². The first-order valence-electron chi connectivity index (χ1n) is 21.9. The van der Waals surface area contributed by atoms with Crippen LogP contribution in [0, 0.1) is 0 Å². The smallest absolute Gasteiger partial charge is 0.179 e. The first-order valence-corrected chi connectivity index (χ1v) is 21.9. The number of hydrogen-bond acceptors (Lipinski definition) is 2. The van der Waals surface area contributed by atoms with Crippen LogP contribution in [0.3, 0.4) is 0 Å². The second kappa shape index (κ2) is 12.6. The second-order valence-electron chi connectivity index (χ2n) is 17.9. The minimum absolute atomic E-state index is 0.221. The van der Waals surface area contributed by atoms with Crippen molar-refractivity contribution in [2.45, 2.75) is 19.3 Å². The van der Waals surface area contributed by atoms with Crippen molar-refractivity contribution >= 4 is 87.0 Å². The lowest BCUT2D eigenvalue weighted by Gasteiger charge is -2.23. The highest BCUT2D eigenvalue weighted by Crippen LogP contribution is 2.53. The summed E-state index contributed by atoms with van der Waals surface area (Å²) >= 11 is 0. The quantitative estimate of drug-likeness (QED) is 0.166. The van der Waals surface area contributed by atoms with E-state index in [0.29, 0.717) is 0 Å². The van der Waals surface area contributed by atoms with E-state index in [4.69, 9.17) is 8.83 Å². The van der Waals surface area contributed by atoms with Gasteiger partial charge in [0.2, 0.25) is 0 Å². The van der Waals surface area contributed by atoms with E-state index in [9.17, 15) is 0 Å². The van der Waals surface area contributed by atoms with E-state index in [0.717, 1.165) is 43.9 Å². The highest BCUT2D eigenvalue weighted by atomic mass is 16.4. The van der Waals surface area contributed by atoms with Crippen molar-refractivity contribution in [3.8, 4) is 44.5 Å². The van der Waals surface area contributed by atoms with E-state index in [-0.39, 0.29) is 5.41 Å². The molecule has 2 heterocycles. The molecule has 294 valence electrons. The molecule has 0 fully saturated rings. The summed E-state index contributed by atoms with van der Waals surface area (Å²) in [7, 11) is 0. The first-order chi connectivity index (χ1) is 31.0. The molecule has 14 rings (SSSR count). The molecule has 1 aliphatic carbocycles. The van der Waals surface area contributed by atoms with Crippen LogP contribution >= 0.6 is 0 Å². The van der Waals surface area contributed by atoms with Crippen LogP contribution in [0.1, 0.15) is 25.0 Å². The standard InChI is InChI=1S/C61H38O2/c1-61(2)51-33-37(36-28-31-54-50(32-36)58-48-22-10-9-21-47(48)57-49-23-11-12-25-53(49)62-59(57)60(58)63-54)26-29-40(51)41-30-27-38(34-52(41)61)55-43-17-5-7-19-45(43)56(46-20-8-6-18-44(46)55)42-24-13-15-35-14-3-4-16-39(35)42/h3-34H,1-2H3. The Labute approximate surface area is 363 Å². The zero-order chi connectivity index (χ0) is 41.6. The lowest BCUT2D eigenvalue weighted by Crippen LogP contribution is -2.15. The first kappa shape index (κ1) is 34.7. The Hall–Kier alpha value is -7.94. The molecular weight excluding hydrogens is 765 g/mol. The Morgan fingerprint density at radius 1 is 0.317 bits per heavy atom. The number of para-hydroxylation sites is 1. The maximum atomic E-state index is 6.70. The van der Waals surface area contributed by atoms with Gasteiger partial charge >= 0.3 is 0 Å². The molecule has 0 atom stereocenters. The Bertz CT molecular complexity index is 4060. The predicted molar refractivity (Wildman–Crippen MR) is 265 cm³/mol. The number of fused-ring (bicyclic) bond motifs is 16. The van der Waals surface area contributed by atoms with Gasteiger partial charge in [-0.1, -0.05) is 178 Å². The topological polar surface area (TPSA) is 26.3 Å². The molecule has 0 bridgehead atoms. The zero-order valence-electron chi connectivity index (χ0n) is 34.8. The number of rotatable bonds is 3.